The van der Waals surface area contributed by atoms with Crippen LogP contribution in [0.5, 0.6) is 0 Å². The number of hydrogen-bond acceptors (Lipinski definition) is 5. The quantitative estimate of drug-likeness (QED) is 0.791. The van der Waals surface area contributed by atoms with Gasteiger partial charge < -0.3 is 9.64 Å². The molecule has 1 saturated heterocycles. The zero-order valence-corrected chi connectivity index (χ0v) is 15.4. The van der Waals surface area contributed by atoms with Crippen LogP contribution < -0.4 is 4.90 Å². The first-order chi connectivity index (χ1) is 10.7. The fourth-order valence-corrected chi connectivity index (χ4v) is 3.73. The molecule has 2 rings (SSSR count). The number of ether oxygens (including phenoxy) is 1. The van der Waals surface area contributed by atoms with Crippen LogP contribution in [-0.2, 0) is 14.6 Å². The smallest absolute Gasteiger partial charge is 0.175 e. The van der Waals surface area contributed by atoms with E-state index in [0.717, 1.165) is 45.1 Å². The maximum Gasteiger partial charge on any atom is 0.175 e. The number of morpholine rings is 1. The molecule has 1 aromatic carbocycles. The predicted molar refractivity (Wildman–Crippen MR) is 93.9 cm³/mol. The van der Waals surface area contributed by atoms with E-state index in [1.807, 2.05) is 12.1 Å². The van der Waals surface area contributed by atoms with Crippen LogP contribution in [0.4, 0.5) is 5.69 Å². The summed E-state index contributed by atoms with van der Waals surface area (Å²) in [4.78, 5) is 5.00. The molecule has 1 fully saturated rings. The highest BCUT2D eigenvalue weighted by atomic mass is 32.2. The minimum atomic E-state index is -3.14. The summed E-state index contributed by atoms with van der Waals surface area (Å²) >= 11 is 0. The Morgan fingerprint density at radius 1 is 1.17 bits per heavy atom. The van der Waals surface area contributed by atoms with E-state index in [0.29, 0.717) is 4.90 Å². The SMILES string of the molecule is CN(CC(C)(C)CN1CCOCC1)c1ccc(S(C)(=O)=O)cc1. The van der Waals surface area contributed by atoms with Gasteiger partial charge in [0.15, 0.2) is 9.84 Å². The van der Waals surface area contributed by atoms with E-state index in [9.17, 15) is 8.42 Å². The Kier molecular flexibility index (Phi) is 5.70. The van der Waals surface area contributed by atoms with E-state index >= 15 is 0 Å². The van der Waals surface area contributed by atoms with Gasteiger partial charge in [-0.2, -0.15) is 0 Å². The Morgan fingerprint density at radius 2 is 1.74 bits per heavy atom. The molecule has 0 atom stereocenters. The molecule has 1 aliphatic heterocycles. The van der Waals surface area contributed by atoms with Crippen LogP contribution in [0.2, 0.25) is 0 Å². The first kappa shape index (κ1) is 18.2. The highest BCUT2D eigenvalue weighted by molar-refractivity contribution is 7.90. The Labute approximate surface area is 140 Å². The van der Waals surface area contributed by atoms with Crippen molar-refractivity contribution in [1.29, 1.82) is 0 Å². The topological polar surface area (TPSA) is 49.9 Å². The third kappa shape index (κ3) is 5.48. The molecular formula is C17H28N2O3S. The number of hydrogen-bond donors (Lipinski definition) is 0. The molecule has 1 aromatic rings. The lowest BCUT2D eigenvalue weighted by atomic mass is 9.91. The van der Waals surface area contributed by atoms with Crippen molar-refractivity contribution < 1.29 is 13.2 Å². The molecule has 0 unspecified atom stereocenters. The fourth-order valence-electron chi connectivity index (χ4n) is 3.10. The first-order valence-corrected chi connectivity index (χ1v) is 9.88. The van der Waals surface area contributed by atoms with Gasteiger partial charge in [0.2, 0.25) is 0 Å². The summed E-state index contributed by atoms with van der Waals surface area (Å²) < 4.78 is 28.5. The average Bonchev–Trinajstić information content (AvgIpc) is 2.46. The Bertz CT molecular complexity index is 605. The van der Waals surface area contributed by atoms with Crippen LogP contribution in [0.3, 0.4) is 0 Å². The standard InChI is InChI=1S/C17H28N2O3S/c1-17(2,14-19-9-11-22-12-10-19)13-18(3)15-5-7-16(8-6-15)23(4,20)21/h5-8H,9-14H2,1-4H3. The summed E-state index contributed by atoms with van der Waals surface area (Å²) in [7, 11) is -1.08. The lowest BCUT2D eigenvalue weighted by molar-refractivity contribution is 0.0223. The van der Waals surface area contributed by atoms with Crippen molar-refractivity contribution in [1.82, 2.24) is 4.90 Å². The number of sulfone groups is 1. The molecule has 1 heterocycles. The van der Waals surface area contributed by atoms with Gasteiger partial charge in [-0.15, -0.1) is 0 Å². The molecule has 0 radical (unpaired) electrons. The largest absolute Gasteiger partial charge is 0.379 e. The molecule has 0 amide bonds. The average molecular weight is 340 g/mol. The van der Waals surface area contributed by atoms with Crippen LogP contribution in [0.25, 0.3) is 0 Å². The minimum absolute atomic E-state index is 0.140. The Hall–Kier alpha value is -1.11. The predicted octanol–water partition coefficient (Wildman–Crippen LogP) is 1.88. The van der Waals surface area contributed by atoms with Gasteiger partial charge in [0, 0.05) is 45.2 Å². The van der Waals surface area contributed by atoms with E-state index in [2.05, 4.69) is 30.7 Å². The van der Waals surface area contributed by atoms with Gasteiger partial charge in [0.25, 0.3) is 0 Å². The monoisotopic (exact) mass is 340 g/mol. The molecule has 5 nitrogen and oxygen atoms in total. The molecular weight excluding hydrogens is 312 g/mol. The second-order valence-corrected chi connectivity index (χ2v) is 9.19. The molecule has 6 heteroatoms. The van der Waals surface area contributed by atoms with Crippen molar-refractivity contribution in [3.8, 4) is 0 Å². The van der Waals surface area contributed by atoms with E-state index in [1.165, 1.54) is 6.26 Å². The highest BCUT2D eigenvalue weighted by Gasteiger charge is 2.25. The summed E-state index contributed by atoms with van der Waals surface area (Å²) in [5, 5.41) is 0. The van der Waals surface area contributed by atoms with Gasteiger partial charge in [-0.1, -0.05) is 13.8 Å². The van der Waals surface area contributed by atoms with Crippen LogP contribution in [-0.4, -0.2) is 66.0 Å². The van der Waals surface area contributed by atoms with Crippen LogP contribution in [0.15, 0.2) is 29.2 Å². The third-order valence-electron chi connectivity index (χ3n) is 4.13. The molecule has 23 heavy (non-hydrogen) atoms. The van der Waals surface area contributed by atoms with E-state index in [1.54, 1.807) is 12.1 Å². The molecule has 0 aliphatic carbocycles. The number of benzene rings is 1. The summed E-state index contributed by atoms with van der Waals surface area (Å²) in [6, 6.07) is 7.11. The zero-order chi connectivity index (χ0) is 17.1. The minimum Gasteiger partial charge on any atom is -0.379 e. The van der Waals surface area contributed by atoms with Crippen molar-refractivity contribution in [2.24, 2.45) is 5.41 Å². The van der Waals surface area contributed by atoms with Crippen molar-refractivity contribution >= 4 is 15.5 Å². The number of anilines is 1. The zero-order valence-electron chi connectivity index (χ0n) is 14.6. The normalized spacial score (nSPS) is 17.2. The summed E-state index contributed by atoms with van der Waals surface area (Å²) in [5.74, 6) is 0. The van der Waals surface area contributed by atoms with Gasteiger partial charge in [0.05, 0.1) is 18.1 Å². The van der Waals surface area contributed by atoms with E-state index < -0.39 is 9.84 Å². The first-order valence-electron chi connectivity index (χ1n) is 7.99. The molecule has 0 bridgehead atoms. The van der Waals surface area contributed by atoms with Crippen molar-refractivity contribution in [3.63, 3.8) is 0 Å². The van der Waals surface area contributed by atoms with Crippen molar-refractivity contribution in [2.75, 3.05) is 57.6 Å². The fraction of sp³-hybridized carbons (Fsp3) is 0.647. The van der Waals surface area contributed by atoms with Gasteiger partial charge in [-0.05, 0) is 29.7 Å². The van der Waals surface area contributed by atoms with Gasteiger partial charge >= 0.3 is 0 Å². The third-order valence-corrected chi connectivity index (χ3v) is 5.25. The van der Waals surface area contributed by atoms with Gasteiger partial charge in [-0.3, -0.25) is 4.90 Å². The summed E-state index contributed by atoms with van der Waals surface area (Å²) in [6.45, 7) is 10.1. The maximum absolute atomic E-state index is 11.5. The van der Waals surface area contributed by atoms with Crippen LogP contribution in [0.1, 0.15) is 13.8 Å². The molecule has 0 N–H and O–H groups in total. The van der Waals surface area contributed by atoms with Crippen molar-refractivity contribution in [3.05, 3.63) is 24.3 Å². The lowest BCUT2D eigenvalue weighted by Gasteiger charge is -2.37. The van der Waals surface area contributed by atoms with Crippen molar-refractivity contribution in [2.45, 2.75) is 18.7 Å². The Balaban J connectivity index is 1.98. The summed E-state index contributed by atoms with van der Waals surface area (Å²) in [5.41, 5.74) is 1.18. The Morgan fingerprint density at radius 3 is 2.26 bits per heavy atom. The second kappa shape index (κ2) is 7.20. The van der Waals surface area contributed by atoms with E-state index in [-0.39, 0.29) is 5.41 Å². The summed E-state index contributed by atoms with van der Waals surface area (Å²) in [6.07, 6.45) is 1.23. The number of nitrogens with zero attached hydrogens (tertiary/aromatic N) is 2. The van der Waals surface area contributed by atoms with Gasteiger partial charge in [-0.25, -0.2) is 8.42 Å². The van der Waals surface area contributed by atoms with Crippen LogP contribution in [0, 0.1) is 5.41 Å². The molecule has 1 aliphatic rings. The highest BCUT2D eigenvalue weighted by Crippen LogP contribution is 2.24. The van der Waals surface area contributed by atoms with E-state index in [4.69, 9.17) is 4.74 Å². The molecule has 0 aromatic heterocycles. The number of rotatable bonds is 6. The molecule has 0 saturated carbocycles. The molecule has 0 spiro atoms. The maximum atomic E-state index is 11.5. The molecule has 130 valence electrons. The van der Waals surface area contributed by atoms with Crippen LogP contribution >= 0.6 is 0 Å². The lowest BCUT2D eigenvalue weighted by Crippen LogP contribution is -2.45. The van der Waals surface area contributed by atoms with Gasteiger partial charge in [0.1, 0.15) is 0 Å². The second-order valence-electron chi connectivity index (χ2n) is 7.17.